The number of carbonyl (C=O) groups is 1. The SMILES string of the molecule is C=C(CCNC(=O)c1cn2ccc(Cl)cc2n1)c1nnc(C2CC(OC(F)(F)F)C2)o1. The molecule has 0 aliphatic heterocycles. The van der Waals surface area contributed by atoms with E-state index in [4.69, 9.17) is 16.0 Å². The zero-order chi connectivity index (χ0) is 22.2. The van der Waals surface area contributed by atoms with Crippen molar-refractivity contribution >= 4 is 28.7 Å². The standard InChI is InChI=1S/C19H17ClF3N5O3/c1-10(17-26-27-18(30-17)11-6-13(7-11)31-19(21,22)23)2-4-24-16(29)14-9-28-5-3-12(20)8-15(28)25-14/h3,5,8-9,11,13H,1-2,4,6-7H2,(H,24,29). The Bertz CT molecular complexity index is 1120. The maximum absolute atomic E-state index is 12.3. The van der Waals surface area contributed by atoms with E-state index in [2.05, 4.69) is 31.8 Å². The number of alkyl halides is 3. The number of carbonyl (C=O) groups excluding carboxylic acids is 1. The molecule has 0 aromatic carbocycles. The van der Waals surface area contributed by atoms with E-state index in [-0.39, 0.29) is 48.7 Å². The number of pyridine rings is 1. The fraction of sp³-hybridized carbons (Fsp3) is 0.368. The highest BCUT2D eigenvalue weighted by Crippen LogP contribution is 2.41. The van der Waals surface area contributed by atoms with E-state index in [1.165, 1.54) is 0 Å². The number of hydrogen-bond acceptors (Lipinski definition) is 6. The monoisotopic (exact) mass is 455 g/mol. The summed E-state index contributed by atoms with van der Waals surface area (Å²) in [7, 11) is 0. The molecule has 0 saturated heterocycles. The summed E-state index contributed by atoms with van der Waals surface area (Å²) >= 11 is 5.92. The molecule has 3 heterocycles. The first-order valence-electron chi connectivity index (χ1n) is 9.36. The molecule has 0 spiro atoms. The van der Waals surface area contributed by atoms with Crippen LogP contribution in [0.1, 0.15) is 47.5 Å². The highest BCUT2D eigenvalue weighted by Gasteiger charge is 2.42. The number of rotatable bonds is 7. The van der Waals surface area contributed by atoms with E-state index in [0.29, 0.717) is 22.7 Å². The third-order valence-electron chi connectivity index (χ3n) is 4.85. The summed E-state index contributed by atoms with van der Waals surface area (Å²) in [5.74, 6) is -0.189. The molecule has 0 atom stereocenters. The molecule has 164 valence electrons. The van der Waals surface area contributed by atoms with Crippen LogP contribution >= 0.6 is 11.6 Å². The van der Waals surface area contributed by atoms with Gasteiger partial charge in [0.15, 0.2) is 0 Å². The second-order valence-electron chi connectivity index (χ2n) is 7.15. The Morgan fingerprint density at radius 3 is 2.90 bits per heavy atom. The number of fused-ring (bicyclic) bond motifs is 1. The fourth-order valence-electron chi connectivity index (χ4n) is 3.19. The van der Waals surface area contributed by atoms with Crippen molar-refractivity contribution < 1.29 is 27.1 Å². The highest BCUT2D eigenvalue weighted by molar-refractivity contribution is 6.30. The van der Waals surface area contributed by atoms with Gasteiger partial charge in [-0.1, -0.05) is 18.2 Å². The van der Waals surface area contributed by atoms with Gasteiger partial charge >= 0.3 is 6.36 Å². The number of ether oxygens (including phenoxy) is 1. The molecular weight excluding hydrogens is 439 g/mol. The predicted molar refractivity (Wildman–Crippen MR) is 103 cm³/mol. The number of halogens is 4. The molecule has 1 aliphatic rings. The van der Waals surface area contributed by atoms with Gasteiger partial charge in [0.1, 0.15) is 11.3 Å². The van der Waals surface area contributed by atoms with Gasteiger partial charge in [-0.25, -0.2) is 4.98 Å². The number of aromatic nitrogens is 4. The summed E-state index contributed by atoms with van der Waals surface area (Å²) in [6, 6.07) is 3.33. The molecule has 0 unspecified atom stereocenters. The molecule has 1 fully saturated rings. The molecular formula is C19H17ClF3N5O3. The topological polar surface area (TPSA) is 94.6 Å². The van der Waals surface area contributed by atoms with E-state index in [0.717, 1.165) is 0 Å². The zero-order valence-electron chi connectivity index (χ0n) is 16.0. The number of nitrogens with one attached hydrogen (secondary N) is 1. The van der Waals surface area contributed by atoms with Crippen molar-refractivity contribution in [2.45, 2.75) is 37.6 Å². The second kappa shape index (κ2) is 8.31. The lowest BCUT2D eigenvalue weighted by Crippen LogP contribution is -2.34. The van der Waals surface area contributed by atoms with Gasteiger partial charge in [-0.05, 0) is 25.3 Å². The minimum Gasteiger partial charge on any atom is -0.421 e. The van der Waals surface area contributed by atoms with Crippen LogP contribution in [0, 0.1) is 0 Å². The van der Waals surface area contributed by atoms with Crippen LogP contribution in [0.2, 0.25) is 5.02 Å². The van der Waals surface area contributed by atoms with Gasteiger partial charge in [0.2, 0.25) is 11.8 Å². The van der Waals surface area contributed by atoms with Crippen molar-refractivity contribution in [3.8, 4) is 0 Å². The third-order valence-corrected chi connectivity index (χ3v) is 5.09. The fourth-order valence-corrected chi connectivity index (χ4v) is 3.34. The molecule has 1 amide bonds. The summed E-state index contributed by atoms with van der Waals surface area (Å²) in [6.45, 7) is 4.12. The van der Waals surface area contributed by atoms with Crippen LogP contribution in [-0.4, -0.2) is 44.5 Å². The van der Waals surface area contributed by atoms with E-state index in [9.17, 15) is 18.0 Å². The van der Waals surface area contributed by atoms with Gasteiger partial charge < -0.3 is 14.1 Å². The number of imidazole rings is 1. The van der Waals surface area contributed by atoms with Crippen LogP contribution in [0.3, 0.4) is 0 Å². The first kappa shape index (κ1) is 21.3. The smallest absolute Gasteiger partial charge is 0.421 e. The van der Waals surface area contributed by atoms with Gasteiger partial charge in [-0.2, -0.15) is 0 Å². The first-order valence-corrected chi connectivity index (χ1v) is 9.74. The zero-order valence-corrected chi connectivity index (χ0v) is 16.8. The summed E-state index contributed by atoms with van der Waals surface area (Å²) in [4.78, 5) is 16.5. The lowest BCUT2D eigenvalue weighted by atomic mass is 9.82. The molecule has 8 nitrogen and oxygen atoms in total. The lowest BCUT2D eigenvalue weighted by Gasteiger charge is -2.32. The Kier molecular flexibility index (Phi) is 5.71. The van der Waals surface area contributed by atoms with Crippen molar-refractivity contribution in [3.63, 3.8) is 0 Å². The van der Waals surface area contributed by atoms with Crippen LogP contribution < -0.4 is 5.32 Å². The Balaban J connectivity index is 1.25. The molecule has 1 aliphatic carbocycles. The molecule has 31 heavy (non-hydrogen) atoms. The Hall–Kier alpha value is -2.92. The molecule has 4 rings (SSSR count). The molecule has 1 N–H and O–H groups in total. The van der Waals surface area contributed by atoms with Crippen LogP contribution in [0.5, 0.6) is 0 Å². The number of amides is 1. The van der Waals surface area contributed by atoms with Crippen LogP contribution in [0.25, 0.3) is 11.2 Å². The second-order valence-corrected chi connectivity index (χ2v) is 7.58. The van der Waals surface area contributed by atoms with Crippen molar-refractivity contribution in [2.75, 3.05) is 6.54 Å². The van der Waals surface area contributed by atoms with Gasteiger partial charge in [0, 0.05) is 41.5 Å². The molecule has 0 bridgehead atoms. The largest absolute Gasteiger partial charge is 0.522 e. The minimum atomic E-state index is -4.65. The van der Waals surface area contributed by atoms with Crippen molar-refractivity contribution in [3.05, 3.63) is 53.6 Å². The predicted octanol–water partition coefficient (Wildman–Crippen LogP) is 3.99. The molecule has 12 heteroatoms. The number of nitrogens with zero attached hydrogens (tertiary/aromatic N) is 4. The van der Waals surface area contributed by atoms with E-state index in [1.807, 2.05) is 0 Å². The van der Waals surface area contributed by atoms with E-state index >= 15 is 0 Å². The summed E-state index contributed by atoms with van der Waals surface area (Å²) < 4.78 is 47.7. The highest BCUT2D eigenvalue weighted by atomic mass is 35.5. The van der Waals surface area contributed by atoms with E-state index in [1.54, 1.807) is 28.9 Å². The third kappa shape index (κ3) is 5.05. The van der Waals surface area contributed by atoms with Crippen LogP contribution in [0.15, 0.2) is 35.5 Å². The maximum atomic E-state index is 12.3. The molecule has 3 aromatic heterocycles. The van der Waals surface area contributed by atoms with Crippen molar-refractivity contribution in [1.82, 2.24) is 24.9 Å². The quantitative estimate of drug-likeness (QED) is 0.579. The molecule has 3 aromatic rings. The maximum Gasteiger partial charge on any atom is 0.522 e. The normalized spacial score (nSPS) is 18.7. The van der Waals surface area contributed by atoms with Gasteiger partial charge in [-0.15, -0.1) is 23.4 Å². The van der Waals surface area contributed by atoms with Crippen LogP contribution in [0.4, 0.5) is 13.2 Å². The molecule has 0 radical (unpaired) electrons. The summed E-state index contributed by atoms with van der Waals surface area (Å²) in [6.07, 6.45) is -1.58. The van der Waals surface area contributed by atoms with Crippen molar-refractivity contribution in [1.29, 1.82) is 0 Å². The number of hydrogen-bond donors (Lipinski definition) is 1. The average Bonchev–Trinajstić information content (AvgIpc) is 3.30. The average molecular weight is 456 g/mol. The van der Waals surface area contributed by atoms with E-state index < -0.39 is 12.5 Å². The molecule has 1 saturated carbocycles. The summed E-state index contributed by atoms with van der Waals surface area (Å²) in [5.41, 5.74) is 1.30. The first-order chi connectivity index (χ1) is 14.7. The van der Waals surface area contributed by atoms with Gasteiger partial charge in [0.25, 0.3) is 5.91 Å². The van der Waals surface area contributed by atoms with Gasteiger partial charge in [-0.3, -0.25) is 9.53 Å². The summed E-state index contributed by atoms with van der Waals surface area (Å²) in [5, 5.41) is 11.0. The van der Waals surface area contributed by atoms with Gasteiger partial charge in [0.05, 0.1) is 6.10 Å². The lowest BCUT2D eigenvalue weighted by molar-refractivity contribution is -0.352. The Labute approximate surface area is 179 Å². The van der Waals surface area contributed by atoms with Crippen LogP contribution in [-0.2, 0) is 4.74 Å². The Morgan fingerprint density at radius 1 is 1.39 bits per heavy atom. The van der Waals surface area contributed by atoms with Crippen molar-refractivity contribution in [2.24, 2.45) is 0 Å². The minimum absolute atomic E-state index is 0.161. The Morgan fingerprint density at radius 2 is 2.16 bits per heavy atom.